The molecule has 1 atom stereocenters. The summed E-state index contributed by atoms with van der Waals surface area (Å²) >= 11 is 1.65. The third-order valence-corrected chi connectivity index (χ3v) is 5.79. The second kappa shape index (κ2) is 5.33. The quantitative estimate of drug-likeness (QED) is 0.848. The van der Waals surface area contributed by atoms with E-state index in [1.165, 1.54) is 25.0 Å². The third-order valence-electron chi connectivity index (χ3n) is 4.49. The summed E-state index contributed by atoms with van der Waals surface area (Å²) in [5.74, 6) is 2.03. The van der Waals surface area contributed by atoms with E-state index in [1.54, 1.807) is 11.8 Å². The summed E-state index contributed by atoms with van der Waals surface area (Å²) in [6, 6.07) is 3.01. The Morgan fingerprint density at radius 3 is 2.73 bits per heavy atom. The van der Waals surface area contributed by atoms with Gasteiger partial charge in [-0.2, -0.15) is 0 Å². The van der Waals surface area contributed by atoms with E-state index in [-0.39, 0.29) is 16.9 Å². The summed E-state index contributed by atoms with van der Waals surface area (Å²) in [6.45, 7) is 1.97. The lowest BCUT2D eigenvalue weighted by Gasteiger charge is -2.13. The number of nitrogens with zero attached hydrogens (tertiary/aromatic N) is 3. The third kappa shape index (κ3) is 2.33. The van der Waals surface area contributed by atoms with Crippen LogP contribution in [0.25, 0.3) is 0 Å². The van der Waals surface area contributed by atoms with Gasteiger partial charge in [0.2, 0.25) is 0 Å². The van der Waals surface area contributed by atoms with E-state index in [0.717, 1.165) is 18.1 Å². The van der Waals surface area contributed by atoms with Crippen molar-refractivity contribution in [3.05, 3.63) is 46.5 Å². The molecule has 1 heterocycles. The van der Waals surface area contributed by atoms with Gasteiger partial charge >= 0.3 is 0 Å². The molecule has 0 spiro atoms. The van der Waals surface area contributed by atoms with E-state index in [4.69, 9.17) is 0 Å². The first-order chi connectivity index (χ1) is 10.6. The number of hydrogen-bond acceptors (Lipinski definition) is 3. The van der Waals surface area contributed by atoms with Gasteiger partial charge in [-0.1, -0.05) is 0 Å². The van der Waals surface area contributed by atoms with E-state index < -0.39 is 0 Å². The van der Waals surface area contributed by atoms with Crippen LogP contribution in [-0.2, 0) is 12.2 Å². The van der Waals surface area contributed by atoms with E-state index in [1.807, 2.05) is 6.92 Å². The summed E-state index contributed by atoms with van der Waals surface area (Å²) in [6.07, 6.45) is 3.77. The summed E-state index contributed by atoms with van der Waals surface area (Å²) in [5, 5.41) is 8.43. The maximum Gasteiger partial charge on any atom is 0.143 e. The molecule has 1 fully saturated rings. The van der Waals surface area contributed by atoms with Crippen LogP contribution in [0, 0.1) is 18.6 Å². The molecule has 0 bridgehead atoms. The number of rotatable bonds is 4. The molecule has 3 nitrogen and oxygen atoms in total. The highest BCUT2D eigenvalue weighted by Gasteiger charge is 2.31. The van der Waals surface area contributed by atoms with Crippen LogP contribution >= 0.6 is 11.8 Å². The van der Waals surface area contributed by atoms with Crippen molar-refractivity contribution in [2.45, 2.75) is 49.7 Å². The van der Waals surface area contributed by atoms with Gasteiger partial charge in [0.15, 0.2) is 0 Å². The van der Waals surface area contributed by atoms with Crippen LogP contribution in [0.1, 0.15) is 53.3 Å². The zero-order chi connectivity index (χ0) is 15.3. The van der Waals surface area contributed by atoms with Crippen molar-refractivity contribution in [3.8, 4) is 0 Å². The number of aromatic nitrogens is 3. The fourth-order valence-electron chi connectivity index (χ4n) is 3.29. The Morgan fingerprint density at radius 1 is 1.18 bits per heavy atom. The molecular weight excluding hydrogens is 304 g/mol. The van der Waals surface area contributed by atoms with E-state index in [9.17, 15) is 8.78 Å². The molecule has 1 saturated carbocycles. The highest BCUT2D eigenvalue weighted by Crippen LogP contribution is 2.45. The van der Waals surface area contributed by atoms with Crippen molar-refractivity contribution in [1.29, 1.82) is 0 Å². The van der Waals surface area contributed by atoms with Crippen molar-refractivity contribution >= 4 is 11.8 Å². The van der Waals surface area contributed by atoms with Gasteiger partial charge in [0.25, 0.3) is 0 Å². The highest BCUT2D eigenvalue weighted by molar-refractivity contribution is 7.98. The topological polar surface area (TPSA) is 30.7 Å². The van der Waals surface area contributed by atoms with Crippen LogP contribution in [0.4, 0.5) is 8.78 Å². The molecule has 0 N–H and O–H groups in total. The number of hydrogen-bond donors (Lipinski definition) is 0. The van der Waals surface area contributed by atoms with E-state index in [2.05, 4.69) is 14.8 Å². The largest absolute Gasteiger partial charge is 0.311 e. The van der Waals surface area contributed by atoms with Crippen molar-refractivity contribution < 1.29 is 8.78 Å². The molecule has 2 aliphatic rings. The first kappa shape index (κ1) is 14.2. The molecular formula is C16H17F2N3S. The number of halogens is 2. The van der Waals surface area contributed by atoms with Gasteiger partial charge in [-0.05, 0) is 50.3 Å². The van der Waals surface area contributed by atoms with E-state index in [0.29, 0.717) is 29.3 Å². The van der Waals surface area contributed by atoms with Crippen molar-refractivity contribution in [2.75, 3.05) is 0 Å². The highest BCUT2D eigenvalue weighted by atomic mass is 32.2. The second-order valence-corrected chi connectivity index (χ2v) is 7.22. The predicted molar refractivity (Wildman–Crippen MR) is 81.7 cm³/mol. The van der Waals surface area contributed by atoms with Crippen molar-refractivity contribution in [2.24, 2.45) is 0 Å². The van der Waals surface area contributed by atoms with Crippen molar-refractivity contribution in [3.63, 3.8) is 0 Å². The molecule has 0 saturated heterocycles. The molecule has 4 rings (SSSR count). The van der Waals surface area contributed by atoms with Gasteiger partial charge < -0.3 is 4.57 Å². The minimum atomic E-state index is -0.286. The zero-order valence-electron chi connectivity index (χ0n) is 12.4. The Balaban J connectivity index is 1.54. The van der Waals surface area contributed by atoms with Crippen LogP contribution in [0.15, 0.2) is 12.1 Å². The molecule has 1 aromatic carbocycles. The molecule has 0 aliphatic heterocycles. The fourth-order valence-corrected chi connectivity index (χ4v) is 4.55. The number of benzene rings is 1. The zero-order valence-corrected chi connectivity index (χ0v) is 13.2. The van der Waals surface area contributed by atoms with Crippen LogP contribution in [0.2, 0.25) is 0 Å². The molecule has 2 aromatic rings. The molecule has 1 aromatic heterocycles. The summed E-state index contributed by atoms with van der Waals surface area (Å²) in [7, 11) is 0. The van der Waals surface area contributed by atoms with Gasteiger partial charge in [0, 0.05) is 16.9 Å². The van der Waals surface area contributed by atoms with Gasteiger partial charge in [0.1, 0.15) is 23.3 Å². The Kier molecular flexibility index (Phi) is 3.44. The van der Waals surface area contributed by atoms with Crippen LogP contribution in [-0.4, -0.2) is 14.8 Å². The summed E-state index contributed by atoms with van der Waals surface area (Å²) < 4.78 is 30.0. The maximum absolute atomic E-state index is 14.1. The minimum Gasteiger partial charge on any atom is -0.311 e. The first-order valence-electron chi connectivity index (χ1n) is 7.64. The van der Waals surface area contributed by atoms with Gasteiger partial charge in [-0.3, -0.25) is 0 Å². The number of aryl methyl sites for hydroxylation is 1. The van der Waals surface area contributed by atoms with Gasteiger partial charge in [-0.15, -0.1) is 22.0 Å². The molecule has 2 aliphatic carbocycles. The normalized spacial score (nSPS) is 20.4. The lowest BCUT2D eigenvalue weighted by atomic mass is 10.1. The average molecular weight is 321 g/mol. The number of fused-ring (bicyclic) bond motifs is 1. The predicted octanol–water partition coefficient (Wildman–Crippen LogP) is 4.12. The summed E-state index contributed by atoms with van der Waals surface area (Å²) in [5.41, 5.74) is 1.11. The van der Waals surface area contributed by atoms with Crippen LogP contribution < -0.4 is 0 Å². The Hall–Kier alpha value is -1.43. The lowest BCUT2D eigenvalue weighted by Crippen LogP contribution is -2.03. The molecule has 116 valence electrons. The molecule has 22 heavy (non-hydrogen) atoms. The lowest BCUT2D eigenvalue weighted by molar-refractivity contribution is 0.584. The molecule has 6 heteroatoms. The fraction of sp³-hybridized carbons (Fsp3) is 0.500. The standard InChI is InChI=1S/C16H17F2N3S/c1-9-19-20-15(21(9)10-2-3-10)8-22-14-7-4-11-12(17)5-6-13(18)16(11)14/h5-6,10,14H,2-4,7-8H2,1H3/t14-/m1/s1. The number of thioether (sulfide) groups is 1. The van der Waals surface area contributed by atoms with Gasteiger partial charge in [-0.25, -0.2) is 8.78 Å². The Labute approximate surface area is 132 Å². The first-order valence-corrected chi connectivity index (χ1v) is 8.68. The average Bonchev–Trinajstić information content (AvgIpc) is 3.12. The van der Waals surface area contributed by atoms with E-state index >= 15 is 0 Å². The minimum absolute atomic E-state index is 0.00959. The molecule has 0 amide bonds. The smallest absolute Gasteiger partial charge is 0.143 e. The molecule has 0 unspecified atom stereocenters. The Morgan fingerprint density at radius 2 is 1.95 bits per heavy atom. The second-order valence-electron chi connectivity index (χ2n) is 6.02. The monoisotopic (exact) mass is 321 g/mol. The van der Waals surface area contributed by atoms with Gasteiger partial charge in [0.05, 0.1) is 5.75 Å². The van der Waals surface area contributed by atoms with Crippen molar-refractivity contribution in [1.82, 2.24) is 14.8 Å². The van der Waals surface area contributed by atoms with Crippen LogP contribution in [0.5, 0.6) is 0 Å². The molecule has 0 radical (unpaired) electrons. The van der Waals surface area contributed by atoms with Crippen LogP contribution in [0.3, 0.4) is 0 Å². The summed E-state index contributed by atoms with van der Waals surface area (Å²) in [4.78, 5) is 0. The maximum atomic E-state index is 14.1. The SMILES string of the molecule is Cc1nnc(CS[C@@H]2CCc3c(F)ccc(F)c32)n1C1CC1. The Bertz CT molecular complexity index is 724.